The van der Waals surface area contributed by atoms with Gasteiger partial charge in [0.2, 0.25) is 5.88 Å². The Morgan fingerprint density at radius 3 is 2.76 bits per heavy atom. The summed E-state index contributed by atoms with van der Waals surface area (Å²) in [5.41, 5.74) is 9.45. The van der Waals surface area contributed by atoms with E-state index in [4.69, 9.17) is 10.5 Å². The molecule has 0 aliphatic heterocycles. The fourth-order valence-electron chi connectivity index (χ4n) is 1.75. The largest absolute Gasteiger partial charge is 0.481 e. The number of rotatable bonds is 3. The van der Waals surface area contributed by atoms with Gasteiger partial charge in [0.05, 0.1) is 30.7 Å². The third-order valence-corrected chi connectivity index (χ3v) is 2.80. The molecule has 0 radical (unpaired) electrons. The molecule has 0 saturated carbocycles. The van der Waals surface area contributed by atoms with Crippen molar-refractivity contribution in [3.8, 4) is 5.88 Å². The first-order chi connectivity index (χ1) is 8.13. The molecule has 0 aliphatic rings. The SMILES string of the molecule is COc1ncccc1Cn1nc(C)c(N)c1C. The summed E-state index contributed by atoms with van der Waals surface area (Å²) in [6.07, 6.45) is 1.71. The van der Waals surface area contributed by atoms with Gasteiger partial charge in [-0.05, 0) is 19.9 Å². The molecule has 0 spiro atoms. The number of aromatic nitrogens is 3. The number of methoxy groups -OCH3 is 1. The van der Waals surface area contributed by atoms with E-state index in [0.29, 0.717) is 12.4 Å². The average Bonchev–Trinajstić information content (AvgIpc) is 2.58. The van der Waals surface area contributed by atoms with Crippen molar-refractivity contribution in [1.82, 2.24) is 14.8 Å². The second kappa shape index (κ2) is 4.45. The van der Waals surface area contributed by atoms with Crippen molar-refractivity contribution in [1.29, 1.82) is 0 Å². The van der Waals surface area contributed by atoms with Gasteiger partial charge in [-0.1, -0.05) is 6.07 Å². The third kappa shape index (κ3) is 2.08. The Morgan fingerprint density at radius 1 is 1.41 bits per heavy atom. The van der Waals surface area contributed by atoms with Crippen molar-refractivity contribution < 1.29 is 4.74 Å². The number of hydrogen-bond donors (Lipinski definition) is 1. The van der Waals surface area contributed by atoms with Gasteiger partial charge in [0.15, 0.2) is 0 Å². The molecule has 0 amide bonds. The summed E-state index contributed by atoms with van der Waals surface area (Å²) in [6.45, 7) is 4.47. The van der Waals surface area contributed by atoms with Crippen molar-refractivity contribution in [3.63, 3.8) is 0 Å². The van der Waals surface area contributed by atoms with Crippen LogP contribution in [0, 0.1) is 13.8 Å². The van der Waals surface area contributed by atoms with Gasteiger partial charge in [-0.25, -0.2) is 4.98 Å². The van der Waals surface area contributed by atoms with Gasteiger partial charge in [-0.3, -0.25) is 4.68 Å². The van der Waals surface area contributed by atoms with Crippen molar-refractivity contribution >= 4 is 5.69 Å². The molecule has 2 rings (SSSR count). The van der Waals surface area contributed by atoms with Gasteiger partial charge >= 0.3 is 0 Å². The summed E-state index contributed by atoms with van der Waals surface area (Å²) in [5, 5.41) is 4.39. The first kappa shape index (κ1) is 11.4. The summed E-state index contributed by atoms with van der Waals surface area (Å²) in [6, 6.07) is 3.85. The molecule has 0 fully saturated rings. The van der Waals surface area contributed by atoms with Crippen LogP contribution >= 0.6 is 0 Å². The first-order valence-corrected chi connectivity index (χ1v) is 5.41. The van der Waals surface area contributed by atoms with E-state index >= 15 is 0 Å². The molecule has 5 heteroatoms. The van der Waals surface area contributed by atoms with Crippen LogP contribution in [0.15, 0.2) is 18.3 Å². The smallest absolute Gasteiger partial charge is 0.218 e. The number of ether oxygens (including phenoxy) is 1. The zero-order chi connectivity index (χ0) is 12.4. The highest BCUT2D eigenvalue weighted by Crippen LogP contribution is 2.19. The van der Waals surface area contributed by atoms with Crippen LogP contribution in [0.4, 0.5) is 5.69 Å². The van der Waals surface area contributed by atoms with E-state index in [1.807, 2.05) is 30.7 Å². The van der Waals surface area contributed by atoms with E-state index in [-0.39, 0.29) is 0 Å². The van der Waals surface area contributed by atoms with Crippen LogP contribution in [0.5, 0.6) is 5.88 Å². The Morgan fingerprint density at radius 2 is 2.18 bits per heavy atom. The molecule has 0 saturated heterocycles. The Bertz CT molecular complexity index is 533. The van der Waals surface area contributed by atoms with Crippen molar-refractivity contribution in [2.45, 2.75) is 20.4 Å². The minimum Gasteiger partial charge on any atom is -0.481 e. The summed E-state index contributed by atoms with van der Waals surface area (Å²) < 4.78 is 7.08. The standard InChI is InChI=1S/C12H16N4O/c1-8-11(13)9(2)16(15-8)7-10-5-4-6-14-12(10)17-3/h4-6H,7,13H2,1-3H3. The molecule has 0 aromatic carbocycles. The highest BCUT2D eigenvalue weighted by molar-refractivity contribution is 5.47. The molecule has 0 unspecified atom stereocenters. The number of nitrogens with zero attached hydrogens (tertiary/aromatic N) is 3. The minimum atomic E-state index is 0.612. The maximum atomic E-state index is 5.90. The van der Waals surface area contributed by atoms with Crippen LogP contribution in [0.1, 0.15) is 17.0 Å². The molecule has 90 valence electrons. The molecule has 17 heavy (non-hydrogen) atoms. The van der Waals surface area contributed by atoms with E-state index in [1.165, 1.54) is 0 Å². The van der Waals surface area contributed by atoms with Crippen LogP contribution in [0.25, 0.3) is 0 Å². The van der Waals surface area contributed by atoms with Gasteiger partial charge in [-0.15, -0.1) is 0 Å². The van der Waals surface area contributed by atoms with Crippen LogP contribution in [0.3, 0.4) is 0 Å². The Hall–Kier alpha value is -2.04. The number of hydrogen-bond acceptors (Lipinski definition) is 4. The van der Waals surface area contributed by atoms with E-state index in [0.717, 1.165) is 22.6 Å². The highest BCUT2D eigenvalue weighted by atomic mass is 16.5. The number of nitrogen functional groups attached to an aromatic ring is 1. The molecular formula is C12H16N4O. The zero-order valence-electron chi connectivity index (χ0n) is 10.3. The van der Waals surface area contributed by atoms with Crippen LogP contribution < -0.4 is 10.5 Å². The zero-order valence-corrected chi connectivity index (χ0v) is 10.3. The minimum absolute atomic E-state index is 0.612. The Labute approximate surface area is 100 Å². The van der Waals surface area contributed by atoms with Crippen LogP contribution in [0.2, 0.25) is 0 Å². The Balaban J connectivity index is 2.34. The molecule has 2 aromatic heterocycles. The van der Waals surface area contributed by atoms with Crippen LogP contribution in [-0.2, 0) is 6.54 Å². The molecule has 0 aliphatic carbocycles. The fourth-order valence-corrected chi connectivity index (χ4v) is 1.75. The molecule has 2 heterocycles. The number of aryl methyl sites for hydroxylation is 1. The van der Waals surface area contributed by atoms with E-state index in [9.17, 15) is 0 Å². The second-order valence-corrected chi connectivity index (χ2v) is 3.91. The number of anilines is 1. The summed E-state index contributed by atoms with van der Waals surface area (Å²) >= 11 is 0. The highest BCUT2D eigenvalue weighted by Gasteiger charge is 2.10. The maximum absolute atomic E-state index is 5.90. The van der Waals surface area contributed by atoms with Gasteiger partial charge in [0.1, 0.15) is 0 Å². The maximum Gasteiger partial charge on any atom is 0.218 e. The van der Waals surface area contributed by atoms with Crippen molar-refractivity contribution in [2.24, 2.45) is 0 Å². The normalized spacial score (nSPS) is 10.5. The monoisotopic (exact) mass is 232 g/mol. The lowest BCUT2D eigenvalue weighted by atomic mass is 10.2. The molecule has 0 bridgehead atoms. The average molecular weight is 232 g/mol. The lowest BCUT2D eigenvalue weighted by Gasteiger charge is -2.08. The summed E-state index contributed by atoms with van der Waals surface area (Å²) in [5.74, 6) is 0.624. The van der Waals surface area contributed by atoms with Gasteiger partial charge < -0.3 is 10.5 Å². The van der Waals surface area contributed by atoms with Gasteiger partial charge in [0, 0.05) is 11.8 Å². The number of pyridine rings is 1. The molecular weight excluding hydrogens is 216 g/mol. The quantitative estimate of drug-likeness (QED) is 0.871. The summed E-state index contributed by atoms with van der Waals surface area (Å²) in [4.78, 5) is 4.16. The molecule has 5 nitrogen and oxygen atoms in total. The van der Waals surface area contributed by atoms with E-state index < -0.39 is 0 Å². The molecule has 0 atom stereocenters. The van der Waals surface area contributed by atoms with Gasteiger partial charge in [-0.2, -0.15) is 5.10 Å². The van der Waals surface area contributed by atoms with Crippen LogP contribution in [-0.4, -0.2) is 21.9 Å². The fraction of sp³-hybridized carbons (Fsp3) is 0.333. The summed E-state index contributed by atoms with van der Waals surface area (Å²) in [7, 11) is 1.61. The molecule has 2 aromatic rings. The topological polar surface area (TPSA) is 66.0 Å². The predicted octanol–water partition coefficient (Wildman–Crippen LogP) is 1.53. The lowest BCUT2D eigenvalue weighted by molar-refractivity contribution is 0.390. The van der Waals surface area contributed by atoms with Crippen molar-refractivity contribution in [2.75, 3.05) is 12.8 Å². The van der Waals surface area contributed by atoms with E-state index in [1.54, 1.807) is 13.3 Å². The van der Waals surface area contributed by atoms with Crippen molar-refractivity contribution in [3.05, 3.63) is 35.3 Å². The second-order valence-electron chi connectivity index (χ2n) is 3.91. The molecule has 2 N–H and O–H groups in total. The van der Waals surface area contributed by atoms with Gasteiger partial charge in [0.25, 0.3) is 0 Å². The van der Waals surface area contributed by atoms with E-state index in [2.05, 4.69) is 10.1 Å². The predicted molar refractivity (Wildman–Crippen MR) is 66.0 cm³/mol. The third-order valence-electron chi connectivity index (χ3n) is 2.80. The number of nitrogens with two attached hydrogens (primary N) is 1. The first-order valence-electron chi connectivity index (χ1n) is 5.41. The Kier molecular flexibility index (Phi) is 2.99. The lowest BCUT2D eigenvalue weighted by Crippen LogP contribution is -2.06.